The van der Waals surface area contributed by atoms with E-state index in [0.717, 1.165) is 45.2 Å². The zero-order valence-corrected chi connectivity index (χ0v) is 24.8. The van der Waals surface area contributed by atoms with Crippen molar-refractivity contribution < 1.29 is 23.4 Å². The van der Waals surface area contributed by atoms with E-state index in [9.17, 15) is 14.3 Å². The van der Waals surface area contributed by atoms with Gasteiger partial charge in [-0.05, 0) is 92.6 Å². The van der Waals surface area contributed by atoms with Crippen LogP contribution in [0.15, 0.2) is 30.5 Å². The van der Waals surface area contributed by atoms with Crippen LogP contribution in [0.25, 0.3) is 32.9 Å². The summed E-state index contributed by atoms with van der Waals surface area (Å²) in [5.41, 5.74) is 0.642. The monoisotopic (exact) mass is 602 g/mol. The van der Waals surface area contributed by atoms with Gasteiger partial charge in [-0.2, -0.15) is 9.97 Å². The van der Waals surface area contributed by atoms with Crippen molar-refractivity contribution in [2.75, 3.05) is 31.6 Å². The number of fused-ring (bicyclic) bond motifs is 3. The summed E-state index contributed by atoms with van der Waals surface area (Å²) in [6.07, 6.45) is 8.18. The lowest BCUT2D eigenvalue weighted by Gasteiger charge is -2.31. The van der Waals surface area contributed by atoms with E-state index in [4.69, 9.17) is 4.74 Å². The molecule has 3 N–H and O–H groups in total. The first kappa shape index (κ1) is 28.6. The summed E-state index contributed by atoms with van der Waals surface area (Å²) >= 11 is 0. The van der Waals surface area contributed by atoms with Gasteiger partial charge >= 0.3 is 6.01 Å². The maximum absolute atomic E-state index is 16.6. The van der Waals surface area contributed by atoms with E-state index in [2.05, 4.69) is 30.5 Å². The lowest BCUT2D eigenvalue weighted by molar-refractivity contribution is -0.119. The highest BCUT2D eigenvalue weighted by Gasteiger charge is 2.45. The SMILES string of the molecule is CCc1c(F)ccc2cc(O)cc(-c3ncc4c(NCCC5CCC(=O)N5)nc(OCC56CCCN5CCC6)nc4c3F)c12. The number of aromatic nitrogens is 3. The highest BCUT2D eigenvalue weighted by atomic mass is 19.1. The van der Waals surface area contributed by atoms with Gasteiger partial charge in [0.25, 0.3) is 0 Å². The van der Waals surface area contributed by atoms with Crippen LogP contribution in [0.4, 0.5) is 14.6 Å². The number of phenols is 1. The Morgan fingerprint density at radius 3 is 2.75 bits per heavy atom. The molecule has 2 aromatic carbocycles. The van der Waals surface area contributed by atoms with Gasteiger partial charge in [0.05, 0.1) is 10.9 Å². The Balaban J connectivity index is 1.30. The van der Waals surface area contributed by atoms with Gasteiger partial charge in [0.1, 0.15) is 35.2 Å². The number of aromatic hydroxyl groups is 1. The number of aryl methyl sites for hydroxylation is 1. The standard InChI is InChI=1S/C33H36F2N6O3/c1-2-22-25(34)7-5-19-15-21(42)16-23(27(19)22)29-28(35)30-24(17-37-29)31(36-12-9-20-6-8-26(43)38-20)40-32(39-30)44-18-33-10-3-13-41(33)14-4-11-33/h5,7,15-17,20,42H,2-4,6,8-14,18H2,1H3,(H,38,43)(H,36,39,40). The van der Waals surface area contributed by atoms with Crippen molar-refractivity contribution in [1.29, 1.82) is 0 Å². The molecule has 7 rings (SSSR count). The van der Waals surface area contributed by atoms with Crippen LogP contribution in [0.5, 0.6) is 11.8 Å². The Morgan fingerprint density at radius 1 is 1.18 bits per heavy atom. The van der Waals surface area contributed by atoms with Crippen molar-refractivity contribution in [2.45, 2.75) is 69.9 Å². The number of hydrogen-bond donors (Lipinski definition) is 3. The molecule has 3 aliphatic rings. The second-order valence-corrected chi connectivity index (χ2v) is 12.2. The summed E-state index contributed by atoms with van der Waals surface area (Å²) in [6, 6.07) is 6.02. The molecule has 44 heavy (non-hydrogen) atoms. The molecule has 1 unspecified atom stereocenters. The summed E-state index contributed by atoms with van der Waals surface area (Å²) in [5, 5.41) is 18.3. The average Bonchev–Trinajstić information content (AvgIpc) is 3.72. The number of nitrogens with zero attached hydrogens (tertiary/aromatic N) is 4. The van der Waals surface area contributed by atoms with Crippen molar-refractivity contribution >= 4 is 33.4 Å². The Morgan fingerprint density at radius 2 is 2.00 bits per heavy atom. The van der Waals surface area contributed by atoms with Gasteiger partial charge in [-0.25, -0.2) is 8.78 Å². The molecule has 9 nitrogen and oxygen atoms in total. The van der Waals surface area contributed by atoms with Crippen molar-refractivity contribution in [3.05, 3.63) is 47.7 Å². The molecule has 5 heterocycles. The van der Waals surface area contributed by atoms with E-state index in [0.29, 0.717) is 60.0 Å². The molecule has 0 aliphatic carbocycles. The summed E-state index contributed by atoms with van der Waals surface area (Å²) < 4.78 is 37.7. The quantitative estimate of drug-likeness (QED) is 0.231. The molecule has 3 aliphatic heterocycles. The summed E-state index contributed by atoms with van der Waals surface area (Å²) in [5.74, 6) is -0.744. The number of amides is 1. The van der Waals surface area contributed by atoms with Gasteiger partial charge in [0.15, 0.2) is 5.82 Å². The average molecular weight is 603 g/mol. The molecule has 2 aromatic heterocycles. The molecule has 0 bridgehead atoms. The van der Waals surface area contributed by atoms with E-state index in [1.807, 2.05) is 6.92 Å². The van der Waals surface area contributed by atoms with Gasteiger partial charge in [-0.3, -0.25) is 14.7 Å². The molecule has 4 aromatic rings. The first-order valence-corrected chi connectivity index (χ1v) is 15.6. The van der Waals surface area contributed by atoms with Crippen LogP contribution < -0.4 is 15.4 Å². The third-order valence-corrected chi connectivity index (χ3v) is 9.58. The van der Waals surface area contributed by atoms with E-state index in [-0.39, 0.29) is 46.0 Å². The molecule has 1 atom stereocenters. The number of hydrogen-bond acceptors (Lipinski definition) is 8. The Labute approximate surface area is 254 Å². The zero-order valence-electron chi connectivity index (χ0n) is 24.8. The fourth-order valence-electron chi connectivity index (χ4n) is 7.37. The van der Waals surface area contributed by atoms with Crippen LogP contribution in [0.2, 0.25) is 0 Å². The predicted octanol–water partition coefficient (Wildman–Crippen LogP) is 5.48. The van der Waals surface area contributed by atoms with Crippen molar-refractivity contribution in [2.24, 2.45) is 0 Å². The molecule has 0 radical (unpaired) electrons. The first-order chi connectivity index (χ1) is 21.3. The van der Waals surface area contributed by atoms with E-state index in [1.54, 1.807) is 6.07 Å². The molecule has 230 valence electrons. The Hall–Kier alpha value is -4.12. The number of nitrogens with one attached hydrogen (secondary N) is 2. The van der Waals surface area contributed by atoms with Crippen molar-refractivity contribution in [3.63, 3.8) is 0 Å². The van der Waals surface area contributed by atoms with Crippen LogP contribution in [0.3, 0.4) is 0 Å². The third-order valence-electron chi connectivity index (χ3n) is 9.58. The molecule has 1 amide bonds. The largest absolute Gasteiger partial charge is 0.508 e. The highest BCUT2D eigenvalue weighted by molar-refractivity contribution is 6.01. The van der Waals surface area contributed by atoms with Crippen molar-refractivity contribution in [1.82, 2.24) is 25.2 Å². The second-order valence-electron chi connectivity index (χ2n) is 12.2. The molecular formula is C33H36F2N6O3. The number of benzene rings is 2. The normalized spacial score (nSPS) is 19.5. The molecular weight excluding hydrogens is 566 g/mol. The Kier molecular flexibility index (Phi) is 7.44. The molecule has 0 spiro atoms. The summed E-state index contributed by atoms with van der Waals surface area (Å²) in [7, 11) is 0. The lowest BCUT2D eigenvalue weighted by Crippen LogP contribution is -2.43. The van der Waals surface area contributed by atoms with E-state index in [1.165, 1.54) is 24.4 Å². The Bertz CT molecular complexity index is 1760. The number of rotatable bonds is 9. The zero-order chi connectivity index (χ0) is 30.4. The van der Waals surface area contributed by atoms with Crippen LogP contribution >= 0.6 is 0 Å². The number of pyridine rings is 1. The number of anilines is 1. The van der Waals surface area contributed by atoms with Gasteiger partial charge in [-0.1, -0.05) is 13.0 Å². The van der Waals surface area contributed by atoms with Gasteiger partial charge in [-0.15, -0.1) is 0 Å². The second kappa shape index (κ2) is 11.4. The molecule has 11 heteroatoms. The van der Waals surface area contributed by atoms with Crippen LogP contribution in [0, 0.1) is 11.6 Å². The van der Waals surface area contributed by atoms with Gasteiger partial charge < -0.3 is 20.5 Å². The molecule has 3 saturated heterocycles. The minimum Gasteiger partial charge on any atom is -0.508 e. The highest BCUT2D eigenvalue weighted by Crippen LogP contribution is 2.40. The smallest absolute Gasteiger partial charge is 0.319 e. The van der Waals surface area contributed by atoms with Crippen LogP contribution in [-0.4, -0.2) is 68.7 Å². The van der Waals surface area contributed by atoms with Gasteiger partial charge in [0.2, 0.25) is 5.91 Å². The topological polar surface area (TPSA) is 112 Å². The third kappa shape index (κ3) is 5.06. The fraction of sp³-hybridized carbons (Fsp3) is 0.455. The maximum Gasteiger partial charge on any atom is 0.319 e. The first-order valence-electron chi connectivity index (χ1n) is 15.6. The predicted molar refractivity (Wildman–Crippen MR) is 164 cm³/mol. The number of ether oxygens (including phenoxy) is 1. The minimum absolute atomic E-state index is 0.0230. The van der Waals surface area contributed by atoms with Crippen LogP contribution in [0.1, 0.15) is 57.4 Å². The minimum atomic E-state index is -0.708. The maximum atomic E-state index is 16.6. The molecule has 3 fully saturated rings. The van der Waals surface area contributed by atoms with Crippen LogP contribution in [-0.2, 0) is 11.2 Å². The summed E-state index contributed by atoms with van der Waals surface area (Å²) in [6.45, 7) is 4.85. The number of phenolic OH excluding ortho intramolecular Hbond substituents is 1. The molecule has 0 saturated carbocycles. The fourth-order valence-corrected chi connectivity index (χ4v) is 7.37. The number of carbonyl (C=O) groups excluding carboxylic acids is 1. The lowest BCUT2D eigenvalue weighted by atomic mass is 9.94. The number of halogens is 2. The van der Waals surface area contributed by atoms with E-state index < -0.39 is 11.6 Å². The van der Waals surface area contributed by atoms with Crippen molar-refractivity contribution in [3.8, 4) is 23.0 Å². The van der Waals surface area contributed by atoms with Gasteiger partial charge in [0, 0.05) is 30.8 Å². The summed E-state index contributed by atoms with van der Waals surface area (Å²) in [4.78, 5) is 27.8. The van der Waals surface area contributed by atoms with E-state index >= 15 is 4.39 Å². The number of carbonyl (C=O) groups is 1.